The van der Waals surface area contributed by atoms with E-state index in [-0.39, 0.29) is 23.9 Å². The maximum Gasteiger partial charge on any atom is 0.317 e. The number of pyridine rings is 2. The van der Waals surface area contributed by atoms with Crippen molar-refractivity contribution in [2.45, 2.75) is 38.8 Å². The predicted molar refractivity (Wildman–Crippen MR) is 111 cm³/mol. The van der Waals surface area contributed by atoms with E-state index in [9.17, 15) is 9.59 Å². The van der Waals surface area contributed by atoms with Gasteiger partial charge in [-0.05, 0) is 44.0 Å². The van der Waals surface area contributed by atoms with Crippen LogP contribution in [0.1, 0.15) is 47.9 Å². The van der Waals surface area contributed by atoms with E-state index in [2.05, 4.69) is 25.8 Å². The minimum Gasteiger partial charge on any atom is -0.348 e. The average Bonchev–Trinajstić information content (AvgIpc) is 3.38. The zero-order valence-electron chi connectivity index (χ0n) is 17.1. The van der Waals surface area contributed by atoms with Gasteiger partial charge in [-0.25, -0.2) is 4.79 Å². The van der Waals surface area contributed by atoms with Crippen molar-refractivity contribution in [3.8, 4) is 0 Å². The number of urea groups is 1. The highest BCUT2D eigenvalue weighted by Crippen LogP contribution is 2.26. The highest BCUT2D eigenvalue weighted by molar-refractivity contribution is 5.94. The third-order valence-electron chi connectivity index (χ3n) is 5.12. The summed E-state index contributed by atoms with van der Waals surface area (Å²) in [7, 11) is 0. The molecule has 0 spiro atoms. The van der Waals surface area contributed by atoms with Crippen molar-refractivity contribution < 1.29 is 9.59 Å². The summed E-state index contributed by atoms with van der Waals surface area (Å²) in [4.78, 5) is 30.8. The Labute approximate surface area is 174 Å². The Balaban J connectivity index is 1.48. The first kappa shape index (κ1) is 19.8. The molecule has 1 saturated heterocycles. The number of nitrogens with one attached hydrogen (secondary N) is 2. The number of amides is 3. The fourth-order valence-electron chi connectivity index (χ4n) is 3.60. The SMILES string of the molecule is CC(C)NC(=O)N1CC[C@@H](c2nnc3ccc(C(=O)NCc4cccnc4)cn23)C1. The third kappa shape index (κ3) is 4.24. The zero-order valence-corrected chi connectivity index (χ0v) is 17.1. The quantitative estimate of drug-likeness (QED) is 0.673. The highest BCUT2D eigenvalue weighted by Gasteiger charge is 2.30. The Morgan fingerprint density at radius 3 is 2.87 bits per heavy atom. The number of carbonyl (C=O) groups is 2. The second kappa shape index (κ2) is 8.48. The Hall–Kier alpha value is -3.49. The topological polar surface area (TPSA) is 105 Å². The molecule has 30 heavy (non-hydrogen) atoms. The molecule has 3 aromatic heterocycles. The summed E-state index contributed by atoms with van der Waals surface area (Å²) in [5.41, 5.74) is 2.14. The van der Waals surface area contributed by atoms with E-state index >= 15 is 0 Å². The van der Waals surface area contributed by atoms with Crippen LogP contribution in [0.5, 0.6) is 0 Å². The lowest BCUT2D eigenvalue weighted by Gasteiger charge is -2.18. The van der Waals surface area contributed by atoms with Gasteiger partial charge in [0, 0.05) is 50.2 Å². The zero-order chi connectivity index (χ0) is 21.1. The molecule has 0 bridgehead atoms. The van der Waals surface area contributed by atoms with Gasteiger partial charge in [-0.2, -0.15) is 0 Å². The van der Waals surface area contributed by atoms with Gasteiger partial charge in [0.2, 0.25) is 0 Å². The first-order valence-corrected chi connectivity index (χ1v) is 10.1. The van der Waals surface area contributed by atoms with E-state index in [1.165, 1.54) is 0 Å². The van der Waals surface area contributed by atoms with Gasteiger partial charge in [0.05, 0.1) is 5.56 Å². The molecule has 2 N–H and O–H groups in total. The molecule has 1 aliphatic rings. The molecular weight excluding hydrogens is 382 g/mol. The first-order chi connectivity index (χ1) is 14.5. The molecule has 4 rings (SSSR count). The molecule has 0 aromatic carbocycles. The Morgan fingerprint density at radius 2 is 2.10 bits per heavy atom. The lowest BCUT2D eigenvalue weighted by molar-refractivity contribution is 0.0950. The van der Waals surface area contributed by atoms with Crippen molar-refractivity contribution in [2.24, 2.45) is 0 Å². The normalized spacial score (nSPS) is 16.2. The minimum absolute atomic E-state index is 0.0585. The van der Waals surface area contributed by atoms with Crippen LogP contribution in [0.2, 0.25) is 0 Å². The van der Waals surface area contributed by atoms with Crippen molar-refractivity contribution in [3.63, 3.8) is 0 Å². The smallest absolute Gasteiger partial charge is 0.317 e. The van der Waals surface area contributed by atoms with Crippen LogP contribution >= 0.6 is 0 Å². The van der Waals surface area contributed by atoms with Crippen LogP contribution in [0.25, 0.3) is 5.65 Å². The summed E-state index contributed by atoms with van der Waals surface area (Å²) in [5.74, 6) is 0.670. The van der Waals surface area contributed by atoms with E-state index < -0.39 is 0 Å². The van der Waals surface area contributed by atoms with Gasteiger partial charge in [0.1, 0.15) is 5.82 Å². The second-order valence-corrected chi connectivity index (χ2v) is 7.78. The Morgan fingerprint density at radius 1 is 1.23 bits per heavy atom. The molecule has 4 heterocycles. The van der Waals surface area contributed by atoms with Crippen LogP contribution in [0.15, 0.2) is 42.9 Å². The molecule has 3 aromatic rings. The average molecular weight is 407 g/mol. The fourth-order valence-corrected chi connectivity index (χ4v) is 3.60. The summed E-state index contributed by atoms with van der Waals surface area (Å²) < 4.78 is 1.85. The van der Waals surface area contributed by atoms with Crippen LogP contribution in [-0.4, -0.2) is 55.6 Å². The largest absolute Gasteiger partial charge is 0.348 e. The molecule has 3 amide bonds. The van der Waals surface area contributed by atoms with Crippen molar-refractivity contribution in [2.75, 3.05) is 13.1 Å². The first-order valence-electron chi connectivity index (χ1n) is 10.1. The molecular formula is C21H25N7O2. The summed E-state index contributed by atoms with van der Waals surface area (Å²) >= 11 is 0. The molecule has 0 saturated carbocycles. The molecule has 9 nitrogen and oxygen atoms in total. The van der Waals surface area contributed by atoms with Gasteiger partial charge < -0.3 is 15.5 Å². The highest BCUT2D eigenvalue weighted by atomic mass is 16.2. The maximum atomic E-state index is 12.6. The Bertz CT molecular complexity index is 1050. The summed E-state index contributed by atoms with van der Waals surface area (Å²) in [6, 6.07) is 7.31. The number of carbonyl (C=O) groups excluding carboxylic acids is 2. The summed E-state index contributed by atoms with van der Waals surface area (Å²) in [5, 5.41) is 14.4. The van der Waals surface area contributed by atoms with Crippen LogP contribution in [0.3, 0.4) is 0 Å². The van der Waals surface area contributed by atoms with E-state index in [0.717, 1.165) is 17.8 Å². The van der Waals surface area contributed by atoms with Crippen LogP contribution in [0.4, 0.5) is 4.79 Å². The lowest BCUT2D eigenvalue weighted by atomic mass is 10.1. The van der Waals surface area contributed by atoms with E-state index in [4.69, 9.17) is 0 Å². The van der Waals surface area contributed by atoms with Gasteiger partial charge in [-0.3, -0.25) is 14.2 Å². The number of rotatable bonds is 5. The number of fused-ring (bicyclic) bond motifs is 1. The lowest BCUT2D eigenvalue weighted by Crippen LogP contribution is -2.41. The summed E-state index contributed by atoms with van der Waals surface area (Å²) in [6.07, 6.45) is 6.00. The molecule has 0 aliphatic carbocycles. The Kier molecular flexibility index (Phi) is 5.60. The molecule has 1 aliphatic heterocycles. The number of hydrogen-bond donors (Lipinski definition) is 2. The molecule has 0 unspecified atom stereocenters. The maximum absolute atomic E-state index is 12.6. The van der Waals surface area contributed by atoms with Crippen molar-refractivity contribution in [3.05, 3.63) is 59.8 Å². The number of aromatic nitrogens is 4. The van der Waals surface area contributed by atoms with Gasteiger partial charge in [-0.15, -0.1) is 10.2 Å². The van der Waals surface area contributed by atoms with Crippen molar-refractivity contribution in [1.29, 1.82) is 0 Å². The van der Waals surface area contributed by atoms with E-state index in [1.54, 1.807) is 35.6 Å². The van der Waals surface area contributed by atoms with Crippen molar-refractivity contribution in [1.82, 2.24) is 35.1 Å². The molecule has 156 valence electrons. The van der Waals surface area contributed by atoms with Crippen LogP contribution < -0.4 is 10.6 Å². The van der Waals surface area contributed by atoms with Gasteiger partial charge >= 0.3 is 6.03 Å². The summed E-state index contributed by atoms with van der Waals surface area (Å²) in [6.45, 7) is 5.54. The van der Waals surface area contributed by atoms with Crippen LogP contribution in [-0.2, 0) is 6.54 Å². The number of hydrogen-bond acceptors (Lipinski definition) is 5. The third-order valence-corrected chi connectivity index (χ3v) is 5.12. The molecule has 9 heteroatoms. The predicted octanol–water partition coefficient (Wildman–Crippen LogP) is 1.96. The fraction of sp³-hybridized carbons (Fsp3) is 0.381. The van der Waals surface area contributed by atoms with Crippen molar-refractivity contribution >= 4 is 17.6 Å². The molecule has 0 radical (unpaired) electrons. The van der Waals surface area contributed by atoms with Gasteiger partial charge in [0.15, 0.2) is 5.65 Å². The van der Waals surface area contributed by atoms with Crippen LogP contribution in [0, 0.1) is 0 Å². The molecule has 1 fully saturated rings. The van der Waals surface area contributed by atoms with Gasteiger partial charge in [0.25, 0.3) is 5.91 Å². The number of nitrogens with zero attached hydrogens (tertiary/aromatic N) is 5. The standard InChI is InChI=1S/C21H25N7O2/c1-14(2)24-21(30)27-9-7-16(12-27)19-26-25-18-6-5-17(13-28(18)19)20(29)23-11-15-4-3-8-22-10-15/h3-6,8,10,13-14,16H,7,9,11-12H2,1-2H3,(H,23,29)(H,24,30)/t16-/m1/s1. The monoisotopic (exact) mass is 407 g/mol. The van der Waals surface area contributed by atoms with Gasteiger partial charge in [-0.1, -0.05) is 6.07 Å². The molecule has 1 atom stereocenters. The second-order valence-electron chi connectivity index (χ2n) is 7.78. The number of likely N-dealkylation sites (tertiary alicyclic amines) is 1. The van der Waals surface area contributed by atoms with E-state index in [0.29, 0.717) is 30.8 Å². The minimum atomic E-state index is -0.176. The van der Waals surface area contributed by atoms with E-state index in [1.807, 2.05) is 30.4 Å².